The van der Waals surface area contributed by atoms with E-state index in [0.29, 0.717) is 31.6 Å². The van der Waals surface area contributed by atoms with Gasteiger partial charge in [-0.2, -0.15) is 0 Å². The van der Waals surface area contributed by atoms with Crippen LogP contribution in [0.3, 0.4) is 0 Å². The van der Waals surface area contributed by atoms with Gasteiger partial charge in [0, 0.05) is 25.7 Å². The summed E-state index contributed by atoms with van der Waals surface area (Å²) in [6.45, 7) is 14.4. The van der Waals surface area contributed by atoms with E-state index in [9.17, 15) is 43.2 Å². The zero-order valence-electron chi connectivity index (χ0n) is 71.5. The Morgan fingerprint density at radius 2 is 0.444 bits per heavy atom. The molecule has 0 aliphatic heterocycles. The van der Waals surface area contributed by atoms with Crippen LogP contribution in [0.2, 0.25) is 0 Å². The average Bonchev–Trinajstić information content (AvgIpc) is 0.909. The number of unbranched alkanes of at least 4 members (excludes halogenated alkanes) is 50. The molecular formula is C89H174O17P2. The first kappa shape index (κ1) is 106. The fourth-order valence-corrected chi connectivity index (χ4v) is 15.4. The van der Waals surface area contributed by atoms with Gasteiger partial charge in [0.15, 0.2) is 12.2 Å². The molecule has 0 aromatic rings. The number of aliphatic hydroxyl groups is 1. The van der Waals surface area contributed by atoms with Crippen molar-refractivity contribution in [1.29, 1.82) is 0 Å². The minimum absolute atomic E-state index is 0.107. The van der Waals surface area contributed by atoms with Crippen molar-refractivity contribution in [2.45, 2.75) is 485 Å². The molecule has 0 spiro atoms. The van der Waals surface area contributed by atoms with Crippen molar-refractivity contribution >= 4 is 39.5 Å². The Morgan fingerprint density at radius 3 is 0.657 bits per heavy atom. The molecule has 0 aliphatic rings. The number of aliphatic hydroxyl groups excluding tert-OH is 1. The summed E-state index contributed by atoms with van der Waals surface area (Å²) < 4.78 is 69.0. The molecule has 108 heavy (non-hydrogen) atoms. The summed E-state index contributed by atoms with van der Waals surface area (Å²) in [7, 11) is -9.93. The highest BCUT2D eigenvalue weighted by atomic mass is 31.2. The molecule has 0 saturated heterocycles. The Hall–Kier alpha value is -1.94. The second-order valence-corrected chi connectivity index (χ2v) is 36.3. The zero-order chi connectivity index (χ0) is 79.5. The van der Waals surface area contributed by atoms with Crippen molar-refractivity contribution in [3.63, 3.8) is 0 Å². The molecular weight excluding hydrogens is 1400 g/mol. The maximum Gasteiger partial charge on any atom is 0.472 e. The van der Waals surface area contributed by atoms with Crippen molar-refractivity contribution < 1.29 is 80.2 Å². The third kappa shape index (κ3) is 79.3. The molecule has 17 nitrogen and oxygen atoms in total. The van der Waals surface area contributed by atoms with Crippen LogP contribution in [-0.2, 0) is 65.4 Å². The highest BCUT2D eigenvalue weighted by Gasteiger charge is 2.31. The van der Waals surface area contributed by atoms with Crippen molar-refractivity contribution in [2.24, 2.45) is 23.7 Å². The SMILES string of the molecule is CCC(C)CCCCCCCCCCCCCCCCCCCCC(=O)OC[C@H](COP(=O)(O)OCC(O)COP(=O)(O)OC[C@@H](COC(=O)CCCCCCCCCC(C)C)OC(=O)CCCCCCCCCCCCCCCCCC(C)C)OC(=O)CCCCCCCCCCCCCCCCC(C)CC. The number of carbonyl (C=O) groups excluding carboxylic acids is 4. The smallest absolute Gasteiger partial charge is 0.462 e. The van der Waals surface area contributed by atoms with Gasteiger partial charge in [-0.1, -0.05) is 415 Å². The van der Waals surface area contributed by atoms with Crippen LogP contribution >= 0.6 is 15.6 Å². The summed E-state index contributed by atoms with van der Waals surface area (Å²) in [4.78, 5) is 73.3. The van der Waals surface area contributed by atoms with Crippen LogP contribution in [0.4, 0.5) is 0 Å². The van der Waals surface area contributed by atoms with E-state index in [4.69, 9.17) is 37.0 Å². The summed E-state index contributed by atoms with van der Waals surface area (Å²) >= 11 is 0. The van der Waals surface area contributed by atoms with Gasteiger partial charge in [0.1, 0.15) is 19.3 Å². The van der Waals surface area contributed by atoms with Gasteiger partial charge >= 0.3 is 39.5 Å². The second-order valence-electron chi connectivity index (χ2n) is 33.4. The minimum atomic E-state index is -4.97. The van der Waals surface area contributed by atoms with Gasteiger partial charge in [-0.25, -0.2) is 9.13 Å². The highest BCUT2D eigenvalue weighted by molar-refractivity contribution is 7.47. The van der Waals surface area contributed by atoms with Crippen LogP contribution in [0, 0.1) is 23.7 Å². The molecule has 642 valence electrons. The topological polar surface area (TPSA) is 237 Å². The van der Waals surface area contributed by atoms with E-state index < -0.39 is 97.5 Å². The van der Waals surface area contributed by atoms with Crippen LogP contribution in [0.5, 0.6) is 0 Å². The molecule has 0 aliphatic carbocycles. The monoisotopic (exact) mass is 1580 g/mol. The standard InChI is InChI=1S/C89H174O17P2/c1-9-81(7)67-59-51-43-35-29-23-17-13-11-12-14-18-25-31-37-45-53-61-69-86(91)99-75-84(105-88(93)72-64-56-47-39-33-27-21-20-24-30-36-44-52-60-68-82(8)10-2)77-103-107(95,96)101-73-83(90)74-102-108(97,98)104-78-85(76-100-87(92)70-62-54-48-40-42-50-58-66-80(5)6)106-89(94)71-63-55-46-38-32-26-19-15-16-22-28-34-41-49-57-65-79(3)4/h79-85,90H,9-78H2,1-8H3,(H,95,96)(H,97,98)/t81?,82?,83?,84-,85-/m1/s1. The van der Waals surface area contributed by atoms with Gasteiger partial charge in [0.05, 0.1) is 26.4 Å². The fourth-order valence-electron chi connectivity index (χ4n) is 13.8. The van der Waals surface area contributed by atoms with Crippen LogP contribution in [0.1, 0.15) is 466 Å². The normalized spacial score (nSPS) is 14.4. The van der Waals surface area contributed by atoms with E-state index in [1.165, 1.54) is 263 Å². The lowest BCUT2D eigenvalue weighted by Crippen LogP contribution is -2.30. The van der Waals surface area contributed by atoms with E-state index >= 15 is 0 Å². The number of phosphoric acid groups is 2. The number of carbonyl (C=O) groups is 4. The molecule has 0 bridgehead atoms. The predicted molar refractivity (Wildman–Crippen MR) is 446 cm³/mol. The third-order valence-corrected chi connectivity index (χ3v) is 23.4. The van der Waals surface area contributed by atoms with E-state index in [1.807, 2.05) is 0 Å². The Kier molecular flexibility index (Phi) is 76.2. The lowest BCUT2D eigenvalue weighted by Gasteiger charge is -2.21. The number of rotatable bonds is 86. The predicted octanol–water partition coefficient (Wildman–Crippen LogP) is 27.1. The lowest BCUT2D eigenvalue weighted by atomic mass is 9.99. The molecule has 0 aromatic carbocycles. The first-order valence-corrected chi connectivity index (χ1v) is 48.8. The largest absolute Gasteiger partial charge is 0.472 e. The van der Waals surface area contributed by atoms with Crippen LogP contribution in [0.15, 0.2) is 0 Å². The highest BCUT2D eigenvalue weighted by Crippen LogP contribution is 2.45. The molecule has 0 aromatic heterocycles. The summed E-state index contributed by atoms with van der Waals surface area (Å²) in [6, 6.07) is 0. The third-order valence-electron chi connectivity index (χ3n) is 21.5. The maximum absolute atomic E-state index is 13.2. The number of ether oxygens (including phenoxy) is 4. The molecule has 0 amide bonds. The molecule has 0 rings (SSSR count). The van der Waals surface area contributed by atoms with Gasteiger partial charge in [0.2, 0.25) is 0 Å². The van der Waals surface area contributed by atoms with E-state index in [-0.39, 0.29) is 25.7 Å². The quantitative estimate of drug-likeness (QED) is 0.0222. The van der Waals surface area contributed by atoms with E-state index in [2.05, 4.69) is 55.4 Å². The molecule has 0 radical (unpaired) electrons. The van der Waals surface area contributed by atoms with Crippen molar-refractivity contribution in [1.82, 2.24) is 0 Å². The van der Waals surface area contributed by atoms with Gasteiger partial charge in [0.25, 0.3) is 0 Å². The van der Waals surface area contributed by atoms with E-state index in [1.54, 1.807) is 0 Å². The Balaban J connectivity index is 5.22. The minimum Gasteiger partial charge on any atom is -0.462 e. The van der Waals surface area contributed by atoms with Gasteiger partial charge in [-0.3, -0.25) is 37.3 Å². The Bertz CT molecular complexity index is 2100. The van der Waals surface area contributed by atoms with Gasteiger partial charge in [-0.05, 0) is 49.4 Å². The average molecular weight is 1580 g/mol. The summed E-state index contributed by atoms with van der Waals surface area (Å²) in [5, 5.41) is 10.7. The number of esters is 4. The molecule has 19 heteroatoms. The van der Waals surface area contributed by atoms with Gasteiger partial charge < -0.3 is 33.8 Å². The number of hydrogen-bond acceptors (Lipinski definition) is 15. The molecule has 0 fully saturated rings. The second kappa shape index (κ2) is 77.6. The zero-order valence-corrected chi connectivity index (χ0v) is 73.3. The van der Waals surface area contributed by atoms with Gasteiger partial charge in [-0.15, -0.1) is 0 Å². The van der Waals surface area contributed by atoms with Crippen molar-refractivity contribution in [3.8, 4) is 0 Å². The van der Waals surface area contributed by atoms with Crippen LogP contribution in [0.25, 0.3) is 0 Å². The molecule has 0 saturated carbocycles. The number of phosphoric ester groups is 2. The Labute approximate surface area is 664 Å². The molecule has 0 heterocycles. The van der Waals surface area contributed by atoms with E-state index in [0.717, 1.165) is 114 Å². The molecule has 3 N–H and O–H groups in total. The molecule has 5 unspecified atom stereocenters. The van der Waals surface area contributed by atoms with Crippen LogP contribution in [-0.4, -0.2) is 96.7 Å². The number of hydrogen-bond donors (Lipinski definition) is 3. The summed E-state index contributed by atoms with van der Waals surface area (Å²) in [5.74, 6) is 1.12. The van der Waals surface area contributed by atoms with Crippen LogP contribution < -0.4 is 0 Å². The summed E-state index contributed by atoms with van der Waals surface area (Å²) in [5.41, 5.74) is 0. The maximum atomic E-state index is 13.2. The van der Waals surface area contributed by atoms with Crippen molar-refractivity contribution in [3.05, 3.63) is 0 Å². The Morgan fingerprint density at radius 1 is 0.259 bits per heavy atom. The van der Waals surface area contributed by atoms with Crippen molar-refractivity contribution in [2.75, 3.05) is 39.6 Å². The lowest BCUT2D eigenvalue weighted by molar-refractivity contribution is -0.161. The molecule has 7 atom stereocenters. The fraction of sp³-hybridized carbons (Fsp3) is 0.955. The first-order valence-electron chi connectivity index (χ1n) is 45.8. The summed E-state index contributed by atoms with van der Waals surface area (Å²) in [6.07, 6.45) is 68.1. The first-order chi connectivity index (χ1) is 52.2.